The number of nitrogens with zero attached hydrogens (tertiary/aromatic N) is 1. The fourth-order valence-electron chi connectivity index (χ4n) is 2.76. The van der Waals surface area contributed by atoms with Gasteiger partial charge in [-0.3, -0.25) is 4.79 Å². The summed E-state index contributed by atoms with van der Waals surface area (Å²) in [5, 5.41) is 2.87. The number of halogens is 1. The van der Waals surface area contributed by atoms with Crippen LogP contribution in [-0.2, 0) is 14.8 Å². The van der Waals surface area contributed by atoms with Crippen LogP contribution in [0.3, 0.4) is 0 Å². The van der Waals surface area contributed by atoms with Crippen LogP contribution in [0.15, 0.2) is 18.2 Å². The molecular weight excluding hydrogens is 415 g/mol. The number of anilines is 1. The van der Waals surface area contributed by atoms with E-state index >= 15 is 0 Å². The van der Waals surface area contributed by atoms with Gasteiger partial charge in [-0.15, -0.1) is 0 Å². The van der Waals surface area contributed by atoms with E-state index in [9.17, 15) is 13.2 Å². The van der Waals surface area contributed by atoms with E-state index in [2.05, 4.69) is 27.9 Å². The number of rotatable bonds is 4. The minimum absolute atomic E-state index is 0.0863. The molecule has 1 aromatic carbocycles. The molecule has 1 fully saturated rings. The summed E-state index contributed by atoms with van der Waals surface area (Å²) in [5.41, 5.74) is 1.76. The van der Waals surface area contributed by atoms with Crippen LogP contribution in [0.4, 0.5) is 5.69 Å². The molecule has 0 radical (unpaired) electrons. The molecule has 1 N–H and O–H groups in total. The minimum Gasteiger partial charge on any atom is -0.325 e. The van der Waals surface area contributed by atoms with E-state index in [-0.39, 0.29) is 17.6 Å². The topological polar surface area (TPSA) is 66.5 Å². The molecule has 1 unspecified atom stereocenters. The third kappa shape index (κ3) is 3.99. The van der Waals surface area contributed by atoms with Gasteiger partial charge in [-0.25, -0.2) is 8.42 Å². The Labute approximate surface area is 145 Å². The number of nitrogens with one attached hydrogen (secondary N) is 1. The second-order valence-electron chi connectivity index (χ2n) is 5.98. The number of hydrogen-bond donors (Lipinski definition) is 1. The molecular formula is C15H21IN2O3S. The molecule has 1 heterocycles. The van der Waals surface area contributed by atoms with Crippen molar-refractivity contribution in [2.45, 2.75) is 33.2 Å². The lowest BCUT2D eigenvalue weighted by molar-refractivity contribution is -0.120. The number of carbonyl (C=O) groups excluding carboxylic acids is 1. The van der Waals surface area contributed by atoms with Crippen LogP contribution < -0.4 is 5.32 Å². The van der Waals surface area contributed by atoms with Crippen LogP contribution >= 0.6 is 22.6 Å². The molecule has 0 bridgehead atoms. The van der Waals surface area contributed by atoms with Crippen LogP contribution in [0.5, 0.6) is 0 Å². The van der Waals surface area contributed by atoms with Crippen molar-refractivity contribution >= 4 is 44.2 Å². The number of benzene rings is 1. The molecule has 1 amide bonds. The first-order valence-electron chi connectivity index (χ1n) is 7.28. The van der Waals surface area contributed by atoms with Gasteiger partial charge in [0.25, 0.3) is 0 Å². The maximum absolute atomic E-state index is 12.6. The van der Waals surface area contributed by atoms with Gasteiger partial charge in [-0.1, -0.05) is 13.8 Å². The largest absolute Gasteiger partial charge is 0.325 e. The van der Waals surface area contributed by atoms with Crippen molar-refractivity contribution < 1.29 is 13.2 Å². The third-order valence-corrected chi connectivity index (χ3v) is 6.21. The summed E-state index contributed by atoms with van der Waals surface area (Å²) in [6.07, 6.45) is 0.585. The van der Waals surface area contributed by atoms with Crippen molar-refractivity contribution in [1.82, 2.24) is 4.31 Å². The molecule has 0 aromatic heterocycles. The van der Waals surface area contributed by atoms with E-state index < -0.39 is 16.1 Å². The highest BCUT2D eigenvalue weighted by Crippen LogP contribution is 2.24. The lowest BCUT2D eigenvalue weighted by atomic mass is 10.0. The number of aryl methyl sites for hydroxylation is 1. The van der Waals surface area contributed by atoms with Gasteiger partial charge in [-0.2, -0.15) is 4.31 Å². The Hall–Kier alpha value is -0.670. The molecule has 0 saturated carbocycles. The molecule has 7 heteroatoms. The molecule has 22 heavy (non-hydrogen) atoms. The van der Waals surface area contributed by atoms with Crippen LogP contribution in [0.1, 0.15) is 25.8 Å². The molecule has 1 atom stereocenters. The number of hydrogen-bond acceptors (Lipinski definition) is 3. The van der Waals surface area contributed by atoms with E-state index in [0.29, 0.717) is 18.7 Å². The highest BCUT2D eigenvalue weighted by Gasteiger charge is 2.39. The summed E-state index contributed by atoms with van der Waals surface area (Å²) in [5.74, 6) is -0.218. The van der Waals surface area contributed by atoms with E-state index in [1.807, 2.05) is 39.0 Å². The van der Waals surface area contributed by atoms with Crippen LogP contribution in [0.2, 0.25) is 0 Å². The average molecular weight is 436 g/mol. The summed E-state index contributed by atoms with van der Waals surface area (Å²) in [4.78, 5) is 12.6. The van der Waals surface area contributed by atoms with Gasteiger partial charge in [0.1, 0.15) is 6.04 Å². The van der Waals surface area contributed by atoms with Crippen molar-refractivity contribution in [1.29, 1.82) is 0 Å². The number of carbonyl (C=O) groups is 1. The SMILES string of the molecule is Cc1cc(I)cc(NC(=O)C(C(C)C)N2CCCS2(=O)=O)c1. The summed E-state index contributed by atoms with van der Waals surface area (Å²) < 4.78 is 26.6. The zero-order valence-electron chi connectivity index (χ0n) is 13.0. The molecule has 1 aliphatic rings. The quantitative estimate of drug-likeness (QED) is 0.739. The summed E-state index contributed by atoms with van der Waals surface area (Å²) in [6.45, 7) is 6.13. The number of amides is 1. The Kier molecular flexibility index (Phi) is 5.50. The molecule has 5 nitrogen and oxygen atoms in total. The third-order valence-electron chi connectivity index (χ3n) is 3.66. The standard InChI is InChI=1S/C15H21IN2O3S/c1-10(2)14(18-5-4-6-22(18,20)21)15(19)17-13-8-11(3)7-12(16)9-13/h7-10,14H,4-6H2,1-3H3,(H,17,19). The first-order chi connectivity index (χ1) is 10.2. The highest BCUT2D eigenvalue weighted by molar-refractivity contribution is 14.1. The molecule has 0 spiro atoms. The fraction of sp³-hybridized carbons (Fsp3) is 0.533. The average Bonchev–Trinajstić information content (AvgIpc) is 2.67. The van der Waals surface area contributed by atoms with Gasteiger partial charge in [0.2, 0.25) is 15.9 Å². The van der Waals surface area contributed by atoms with Crippen molar-refractivity contribution in [3.05, 3.63) is 27.3 Å². The van der Waals surface area contributed by atoms with E-state index in [0.717, 1.165) is 9.13 Å². The molecule has 122 valence electrons. The zero-order valence-corrected chi connectivity index (χ0v) is 15.9. The summed E-state index contributed by atoms with van der Waals surface area (Å²) in [7, 11) is -3.31. The molecule has 1 saturated heterocycles. The van der Waals surface area contributed by atoms with Crippen LogP contribution in [0, 0.1) is 16.4 Å². The van der Waals surface area contributed by atoms with Gasteiger partial charge < -0.3 is 5.32 Å². The second-order valence-corrected chi connectivity index (χ2v) is 9.26. The molecule has 1 aliphatic heterocycles. The summed E-state index contributed by atoms with van der Waals surface area (Å²) in [6, 6.07) is 5.11. The highest BCUT2D eigenvalue weighted by atomic mass is 127. The second kappa shape index (κ2) is 6.84. The summed E-state index contributed by atoms with van der Waals surface area (Å²) >= 11 is 2.19. The molecule has 1 aromatic rings. The van der Waals surface area contributed by atoms with E-state index in [1.54, 1.807) is 0 Å². The maximum Gasteiger partial charge on any atom is 0.243 e. The Balaban J connectivity index is 2.24. The smallest absolute Gasteiger partial charge is 0.243 e. The number of sulfonamides is 1. The Morgan fingerprint density at radius 3 is 2.50 bits per heavy atom. The first-order valence-corrected chi connectivity index (χ1v) is 9.97. The minimum atomic E-state index is -3.31. The van der Waals surface area contributed by atoms with E-state index in [1.165, 1.54) is 4.31 Å². The zero-order chi connectivity index (χ0) is 16.5. The molecule has 2 rings (SSSR count). The van der Waals surface area contributed by atoms with Gasteiger partial charge in [0.05, 0.1) is 5.75 Å². The Bertz CT molecular complexity index is 653. The van der Waals surface area contributed by atoms with Gasteiger partial charge in [-0.05, 0) is 65.6 Å². The van der Waals surface area contributed by atoms with Crippen LogP contribution in [0.25, 0.3) is 0 Å². The predicted molar refractivity (Wildman–Crippen MR) is 96.3 cm³/mol. The van der Waals surface area contributed by atoms with Crippen molar-refractivity contribution in [3.8, 4) is 0 Å². The Morgan fingerprint density at radius 2 is 2.00 bits per heavy atom. The van der Waals surface area contributed by atoms with Crippen molar-refractivity contribution in [3.63, 3.8) is 0 Å². The lowest BCUT2D eigenvalue weighted by Gasteiger charge is -2.28. The normalized spacial score (nSPS) is 19.3. The monoisotopic (exact) mass is 436 g/mol. The van der Waals surface area contributed by atoms with Crippen molar-refractivity contribution in [2.24, 2.45) is 5.92 Å². The predicted octanol–water partition coefficient (Wildman–Crippen LogP) is 2.60. The first kappa shape index (κ1) is 17.7. The van der Waals surface area contributed by atoms with Gasteiger partial charge in [0.15, 0.2) is 0 Å². The molecule has 0 aliphatic carbocycles. The lowest BCUT2D eigenvalue weighted by Crippen LogP contribution is -2.48. The van der Waals surface area contributed by atoms with Crippen LogP contribution in [-0.4, -0.2) is 37.0 Å². The maximum atomic E-state index is 12.6. The van der Waals surface area contributed by atoms with E-state index in [4.69, 9.17) is 0 Å². The van der Waals surface area contributed by atoms with Gasteiger partial charge in [0, 0.05) is 15.8 Å². The fourth-order valence-corrected chi connectivity index (χ4v) is 5.41. The van der Waals surface area contributed by atoms with Crippen molar-refractivity contribution in [2.75, 3.05) is 17.6 Å². The Morgan fingerprint density at radius 1 is 1.32 bits per heavy atom. The van der Waals surface area contributed by atoms with Gasteiger partial charge >= 0.3 is 0 Å².